The molecule has 3 nitrogen and oxygen atoms in total. The molecule has 3 heteroatoms. The summed E-state index contributed by atoms with van der Waals surface area (Å²) in [6.45, 7) is 2.49. The lowest BCUT2D eigenvalue weighted by atomic mass is 10.6. The summed E-state index contributed by atoms with van der Waals surface area (Å²) in [6.07, 6.45) is -0.773. The van der Waals surface area contributed by atoms with Gasteiger partial charge in [-0.15, -0.1) is 0 Å². The van der Waals surface area contributed by atoms with Crippen molar-refractivity contribution in [3.05, 3.63) is 0 Å². The number of nitrogens with two attached hydrogens (primary N) is 1. The average Bonchev–Trinajstić information content (AvgIpc) is 1.68. The summed E-state index contributed by atoms with van der Waals surface area (Å²) in [4.78, 5) is 0. The van der Waals surface area contributed by atoms with Gasteiger partial charge in [-0.2, -0.15) is 0 Å². The van der Waals surface area contributed by atoms with Crippen LogP contribution in [-0.4, -0.2) is 24.5 Å². The maximum atomic E-state index is 8.51. The van der Waals surface area contributed by atoms with Crippen LogP contribution in [0.2, 0.25) is 0 Å². The molecule has 0 aromatic carbocycles. The SMILES string of the molecule is CCO[C@H](O)CN. The van der Waals surface area contributed by atoms with Crippen molar-refractivity contribution < 1.29 is 9.84 Å². The fourth-order valence-corrected chi connectivity index (χ4v) is 0.260. The maximum absolute atomic E-state index is 8.51. The molecule has 0 amide bonds. The van der Waals surface area contributed by atoms with E-state index in [2.05, 4.69) is 4.74 Å². The summed E-state index contributed by atoms with van der Waals surface area (Å²) in [5, 5.41) is 8.51. The van der Waals surface area contributed by atoms with E-state index in [1.54, 1.807) is 6.92 Å². The lowest BCUT2D eigenvalue weighted by Gasteiger charge is -2.04. The molecule has 0 fully saturated rings. The lowest BCUT2D eigenvalue weighted by molar-refractivity contribution is -0.0864. The van der Waals surface area contributed by atoms with Crippen molar-refractivity contribution in [3.8, 4) is 0 Å². The molecule has 44 valence electrons. The summed E-state index contributed by atoms with van der Waals surface area (Å²) in [7, 11) is 0. The van der Waals surface area contributed by atoms with Gasteiger partial charge in [-0.1, -0.05) is 0 Å². The van der Waals surface area contributed by atoms with Crippen LogP contribution in [0.25, 0.3) is 0 Å². The van der Waals surface area contributed by atoms with E-state index in [1.807, 2.05) is 0 Å². The summed E-state index contributed by atoms with van der Waals surface area (Å²) >= 11 is 0. The number of aliphatic hydroxyl groups is 1. The van der Waals surface area contributed by atoms with E-state index in [-0.39, 0.29) is 6.54 Å². The number of aliphatic hydroxyl groups excluding tert-OH is 1. The molecular formula is C4H11NO2. The van der Waals surface area contributed by atoms with E-state index >= 15 is 0 Å². The van der Waals surface area contributed by atoms with Gasteiger partial charge in [0, 0.05) is 13.2 Å². The predicted molar refractivity (Wildman–Crippen MR) is 26.7 cm³/mol. The van der Waals surface area contributed by atoms with Crippen LogP contribution in [0.1, 0.15) is 6.92 Å². The van der Waals surface area contributed by atoms with E-state index < -0.39 is 6.29 Å². The van der Waals surface area contributed by atoms with Crippen molar-refractivity contribution in [2.75, 3.05) is 13.2 Å². The zero-order valence-corrected chi connectivity index (χ0v) is 4.42. The molecule has 3 N–H and O–H groups in total. The zero-order chi connectivity index (χ0) is 5.70. The van der Waals surface area contributed by atoms with E-state index in [0.717, 1.165) is 0 Å². The molecule has 0 rings (SSSR count). The van der Waals surface area contributed by atoms with Crippen molar-refractivity contribution in [3.63, 3.8) is 0 Å². The molecule has 0 bridgehead atoms. The fourth-order valence-electron chi connectivity index (χ4n) is 0.260. The van der Waals surface area contributed by atoms with Gasteiger partial charge in [0.05, 0.1) is 0 Å². The van der Waals surface area contributed by atoms with Crippen LogP contribution in [-0.2, 0) is 4.74 Å². The fraction of sp³-hybridized carbons (Fsp3) is 1.00. The van der Waals surface area contributed by atoms with Gasteiger partial charge in [-0.3, -0.25) is 0 Å². The molecule has 0 saturated carbocycles. The molecule has 0 aliphatic heterocycles. The van der Waals surface area contributed by atoms with Gasteiger partial charge >= 0.3 is 0 Å². The van der Waals surface area contributed by atoms with Crippen LogP contribution in [0, 0.1) is 0 Å². The first-order valence-electron chi connectivity index (χ1n) is 2.31. The van der Waals surface area contributed by atoms with E-state index in [0.29, 0.717) is 6.61 Å². The highest BCUT2D eigenvalue weighted by Gasteiger charge is 1.94. The molecule has 0 heterocycles. The molecule has 0 aliphatic carbocycles. The minimum absolute atomic E-state index is 0.174. The van der Waals surface area contributed by atoms with Crippen molar-refractivity contribution in [2.24, 2.45) is 5.73 Å². The maximum Gasteiger partial charge on any atom is 0.166 e. The molecule has 0 spiro atoms. The van der Waals surface area contributed by atoms with Crippen LogP contribution in [0.3, 0.4) is 0 Å². The van der Waals surface area contributed by atoms with E-state index in [4.69, 9.17) is 10.8 Å². The average molecular weight is 105 g/mol. The molecule has 0 aliphatic rings. The number of rotatable bonds is 3. The second kappa shape index (κ2) is 4.05. The monoisotopic (exact) mass is 105 g/mol. The summed E-state index contributed by atoms with van der Waals surface area (Å²) in [6, 6.07) is 0. The molecule has 7 heavy (non-hydrogen) atoms. The largest absolute Gasteiger partial charge is 0.367 e. The van der Waals surface area contributed by atoms with Crippen LogP contribution in [0.15, 0.2) is 0 Å². The van der Waals surface area contributed by atoms with Crippen LogP contribution in [0.5, 0.6) is 0 Å². The highest BCUT2D eigenvalue weighted by molar-refractivity contribution is 4.35. The van der Waals surface area contributed by atoms with Crippen LogP contribution in [0.4, 0.5) is 0 Å². The number of ether oxygens (including phenoxy) is 1. The van der Waals surface area contributed by atoms with Gasteiger partial charge in [-0.05, 0) is 6.92 Å². The van der Waals surface area contributed by atoms with Gasteiger partial charge in [-0.25, -0.2) is 0 Å². The van der Waals surface area contributed by atoms with E-state index in [9.17, 15) is 0 Å². The zero-order valence-electron chi connectivity index (χ0n) is 4.42. The Morgan fingerprint density at radius 1 is 1.86 bits per heavy atom. The number of hydrogen-bond donors (Lipinski definition) is 2. The van der Waals surface area contributed by atoms with E-state index in [1.165, 1.54) is 0 Å². The molecular weight excluding hydrogens is 94.0 g/mol. The smallest absolute Gasteiger partial charge is 0.166 e. The molecule has 0 saturated heterocycles. The first-order valence-corrected chi connectivity index (χ1v) is 2.31. The van der Waals surface area contributed by atoms with Crippen molar-refractivity contribution in [2.45, 2.75) is 13.2 Å². The minimum Gasteiger partial charge on any atom is -0.367 e. The van der Waals surface area contributed by atoms with Gasteiger partial charge < -0.3 is 15.6 Å². The van der Waals surface area contributed by atoms with Crippen molar-refractivity contribution in [1.29, 1.82) is 0 Å². The van der Waals surface area contributed by atoms with Gasteiger partial charge in [0.2, 0.25) is 0 Å². The molecule has 0 aromatic rings. The minimum atomic E-state index is -0.773. The first kappa shape index (κ1) is 6.88. The van der Waals surface area contributed by atoms with Crippen LogP contribution >= 0.6 is 0 Å². The second-order valence-electron chi connectivity index (χ2n) is 1.15. The first-order chi connectivity index (χ1) is 3.31. The lowest BCUT2D eigenvalue weighted by Crippen LogP contribution is -2.22. The Kier molecular flexibility index (Phi) is 3.98. The number of hydrogen-bond acceptors (Lipinski definition) is 3. The van der Waals surface area contributed by atoms with Gasteiger partial charge in [0.15, 0.2) is 6.29 Å². The Labute approximate surface area is 43.1 Å². The molecule has 1 atom stereocenters. The predicted octanol–water partition coefficient (Wildman–Crippen LogP) is -0.700. The Morgan fingerprint density at radius 2 is 2.43 bits per heavy atom. The third-order valence-corrected chi connectivity index (χ3v) is 0.561. The Bertz CT molecular complexity index is 40.7. The topological polar surface area (TPSA) is 55.5 Å². The summed E-state index contributed by atoms with van der Waals surface area (Å²) in [5.74, 6) is 0. The molecule has 0 radical (unpaired) electrons. The summed E-state index contributed by atoms with van der Waals surface area (Å²) in [5.41, 5.74) is 4.98. The third-order valence-electron chi connectivity index (χ3n) is 0.561. The second-order valence-corrected chi connectivity index (χ2v) is 1.15. The van der Waals surface area contributed by atoms with Crippen molar-refractivity contribution in [1.82, 2.24) is 0 Å². The molecule has 0 aromatic heterocycles. The summed E-state index contributed by atoms with van der Waals surface area (Å²) < 4.78 is 4.62. The quantitative estimate of drug-likeness (QED) is 0.467. The van der Waals surface area contributed by atoms with Crippen LogP contribution < -0.4 is 5.73 Å². The normalized spacial score (nSPS) is 14.1. The van der Waals surface area contributed by atoms with Gasteiger partial charge in [0.1, 0.15) is 0 Å². The standard InChI is InChI=1S/C4H11NO2/c1-2-7-4(6)3-5/h4,6H,2-3,5H2,1H3/t4-/m0/s1. The van der Waals surface area contributed by atoms with Gasteiger partial charge in [0.25, 0.3) is 0 Å². The Balaban J connectivity index is 2.83. The highest BCUT2D eigenvalue weighted by atomic mass is 16.6. The van der Waals surface area contributed by atoms with Crippen molar-refractivity contribution >= 4 is 0 Å². The Morgan fingerprint density at radius 3 is 2.57 bits per heavy atom. The highest BCUT2D eigenvalue weighted by Crippen LogP contribution is 1.79. The third kappa shape index (κ3) is 3.72. The Hall–Kier alpha value is -0.120. The molecule has 0 unspecified atom stereocenters.